The molecule has 3 heterocycles. The Morgan fingerprint density at radius 3 is 2.42 bits per heavy atom. The summed E-state index contributed by atoms with van der Waals surface area (Å²) in [5.74, 6) is -1.21. The van der Waals surface area contributed by atoms with Crippen molar-refractivity contribution in [1.29, 1.82) is 0 Å². The van der Waals surface area contributed by atoms with Crippen LogP contribution in [0.25, 0.3) is 0 Å². The first-order valence-electron chi connectivity index (χ1n) is 14.7. The molecule has 218 valence electrons. The van der Waals surface area contributed by atoms with Gasteiger partial charge in [0, 0.05) is 44.1 Å². The summed E-state index contributed by atoms with van der Waals surface area (Å²) in [6.07, 6.45) is 8.02. The standard InChI is InChI=1S/C32H45N3O4S/c1-5-8-20-33(18-6-2)30(39)27-32-17-16-31(4,40-32)25(26(32)29(38)35(27)21-12-13-22-36)28(37)34(19-7-3)23-24-14-10-9-11-15-24/h6-7,9-11,14-15,25-27,36H,2-3,5,8,12-13,16-23H2,1,4H3/t25-,26+,27?,31+,32?/m1/s1. The van der Waals surface area contributed by atoms with E-state index in [1.54, 1.807) is 28.8 Å². The lowest BCUT2D eigenvalue weighted by atomic mass is 9.66. The number of rotatable bonds is 15. The van der Waals surface area contributed by atoms with Crippen LogP contribution in [0, 0.1) is 11.8 Å². The monoisotopic (exact) mass is 567 g/mol. The molecular weight excluding hydrogens is 522 g/mol. The summed E-state index contributed by atoms with van der Waals surface area (Å²) >= 11 is 1.71. The van der Waals surface area contributed by atoms with Crippen LogP contribution in [0.1, 0.15) is 57.9 Å². The maximum Gasteiger partial charge on any atom is 0.247 e. The molecule has 0 aromatic heterocycles. The van der Waals surface area contributed by atoms with Gasteiger partial charge in [0.05, 0.1) is 16.6 Å². The van der Waals surface area contributed by atoms with Crippen LogP contribution in [0.2, 0.25) is 0 Å². The fourth-order valence-electron chi connectivity index (χ4n) is 7.07. The largest absolute Gasteiger partial charge is 0.396 e. The lowest BCUT2D eigenvalue weighted by molar-refractivity contribution is -0.146. The van der Waals surface area contributed by atoms with E-state index in [2.05, 4.69) is 27.0 Å². The number of benzene rings is 1. The molecule has 1 spiro atoms. The maximum absolute atomic E-state index is 14.4. The second-order valence-electron chi connectivity index (χ2n) is 11.6. The molecule has 0 aliphatic carbocycles. The minimum absolute atomic E-state index is 0.0315. The summed E-state index contributed by atoms with van der Waals surface area (Å²) in [6.45, 7) is 14.3. The van der Waals surface area contributed by atoms with Gasteiger partial charge in [-0.25, -0.2) is 0 Å². The molecule has 3 saturated heterocycles. The van der Waals surface area contributed by atoms with Crippen molar-refractivity contribution < 1.29 is 19.5 Å². The third-order valence-electron chi connectivity index (χ3n) is 8.90. The SMILES string of the molecule is C=CCN(CCCC)C(=O)C1N(CCCCO)C(=O)[C@@H]2[C@H](C(=O)N(CC=C)Cc3ccccc3)[C@]3(C)CCC12S3. The summed E-state index contributed by atoms with van der Waals surface area (Å²) in [5.41, 5.74) is 1.03. The zero-order chi connectivity index (χ0) is 28.9. The van der Waals surface area contributed by atoms with E-state index >= 15 is 0 Å². The average molecular weight is 568 g/mol. The van der Waals surface area contributed by atoms with Crippen molar-refractivity contribution in [3.8, 4) is 0 Å². The maximum atomic E-state index is 14.4. The van der Waals surface area contributed by atoms with E-state index in [1.807, 2.05) is 40.1 Å². The van der Waals surface area contributed by atoms with Crippen LogP contribution in [-0.2, 0) is 20.9 Å². The summed E-state index contributed by atoms with van der Waals surface area (Å²) < 4.78 is -1.06. The van der Waals surface area contributed by atoms with Crippen molar-refractivity contribution in [3.63, 3.8) is 0 Å². The topological polar surface area (TPSA) is 81.2 Å². The number of carbonyl (C=O) groups excluding carboxylic acids is 3. The average Bonchev–Trinajstić information content (AvgIpc) is 3.51. The molecule has 1 aromatic carbocycles. The minimum atomic E-state index is -0.638. The van der Waals surface area contributed by atoms with E-state index in [1.165, 1.54) is 0 Å². The van der Waals surface area contributed by atoms with Crippen molar-refractivity contribution in [1.82, 2.24) is 14.7 Å². The van der Waals surface area contributed by atoms with Crippen LogP contribution < -0.4 is 0 Å². The molecule has 3 aliphatic heterocycles. The van der Waals surface area contributed by atoms with Gasteiger partial charge >= 0.3 is 0 Å². The number of hydrogen-bond donors (Lipinski definition) is 1. The van der Waals surface area contributed by atoms with E-state index < -0.39 is 27.4 Å². The lowest BCUT2D eigenvalue weighted by Crippen LogP contribution is -2.55. The number of aliphatic hydroxyl groups excluding tert-OH is 1. The number of hydrogen-bond acceptors (Lipinski definition) is 5. The van der Waals surface area contributed by atoms with E-state index in [4.69, 9.17) is 0 Å². The fourth-order valence-corrected chi connectivity index (χ4v) is 9.42. The number of nitrogens with zero attached hydrogens (tertiary/aromatic N) is 3. The van der Waals surface area contributed by atoms with Gasteiger partial charge in [0.2, 0.25) is 17.7 Å². The van der Waals surface area contributed by atoms with E-state index in [0.29, 0.717) is 45.6 Å². The summed E-state index contributed by atoms with van der Waals surface area (Å²) in [4.78, 5) is 48.5. The van der Waals surface area contributed by atoms with Crippen molar-refractivity contribution >= 4 is 29.5 Å². The van der Waals surface area contributed by atoms with Gasteiger partial charge in [-0.15, -0.1) is 24.9 Å². The number of likely N-dealkylation sites (tertiary alicyclic amines) is 1. The molecule has 7 nitrogen and oxygen atoms in total. The number of fused-ring (bicyclic) bond motifs is 1. The Labute approximate surface area is 243 Å². The smallest absolute Gasteiger partial charge is 0.247 e. The molecule has 2 unspecified atom stereocenters. The molecule has 1 N–H and O–H groups in total. The molecule has 1 aromatic rings. The normalized spacial score (nSPS) is 28.4. The van der Waals surface area contributed by atoms with Gasteiger partial charge in [-0.3, -0.25) is 14.4 Å². The predicted molar refractivity (Wildman–Crippen MR) is 161 cm³/mol. The molecule has 0 saturated carbocycles. The second kappa shape index (κ2) is 12.9. The fraction of sp³-hybridized carbons (Fsp3) is 0.594. The van der Waals surface area contributed by atoms with Crippen LogP contribution in [0.3, 0.4) is 0 Å². The van der Waals surface area contributed by atoms with Crippen LogP contribution in [0.4, 0.5) is 0 Å². The molecule has 3 fully saturated rings. The van der Waals surface area contributed by atoms with Crippen molar-refractivity contribution in [2.75, 3.05) is 32.8 Å². The lowest BCUT2D eigenvalue weighted by Gasteiger charge is -2.38. The summed E-state index contributed by atoms with van der Waals surface area (Å²) in [5, 5.41) is 9.43. The highest BCUT2D eigenvalue weighted by Crippen LogP contribution is 2.71. The first kappa shape index (κ1) is 30.4. The zero-order valence-corrected chi connectivity index (χ0v) is 24.9. The second-order valence-corrected chi connectivity index (χ2v) is 13.5. The van der Waals surface area contributed by atoms with Crippen LogP contribution in [-0.4, -0.2) is 85.8 Å². The van der Waals surface area contributed by atoms with Gasteiger partial charge in [0.1, 0.15) is 6.04 Å². The van der Waals surface area contributed by atoms with Crippen LogP contribution in [0.5, 0.6) is 0 Å². The highest BCUT2D eigenvalue weighted by molar-refractivity contribution is 8.02. The Bertz CT molecular complexity index is 1100. The highest BCUT2D eigenvalue weighted by atomic mass is 32.2. The van der Waals surface area contributed by atoms with Gasteiger partial charge < -0.3 is 19.8 Å². The van der Waals surface area contributed by atoms with E-state index in [0.717, 1.165) is 31.2 Å². The number of aliphatic hydroxyl groups is 1. The van der Waals surface area contributed by atoms with Crippen LogP contribution >= 0.6 is 11.8 Å². The number of carbonyl (C=O) groups is 3. The molecule has 3 aliphatic rings. The molecule has 0 radical (unpaired) electrons. The molecule has 2 bridgehead atoms. The number of unbranched alkanes of at least 4 members (excludes halogenated alkanes) is 2. The molecule has 8 heteroatoms. The Hall–Kier alpha value is -2.58. The van der Waals surface area contributed by atoms with Gasteiger partial charge in [-0.1, -0.05) is 55.8 Å². The Morgan fingerprint density at radius 1 is 1.07 bits per heavy atom. The number of amides is 3. The molecule has 4 rings (SSSR count). The Morgan fingerprint density at radius 2 is 1.77 bits per heavy atom. The molecule has 5 atom stereocenters. The predicted octanol–water partition coefficient (Wildman–Crippen LogP) is 4.27. The van der Waals surface area contributed by atoms with Crippen molar-refractivity contribution in [2.45, 2.75) is 74.5 Å². The number of thioether (sulfide) groups is 1. The zero-order valence-electron chi connectivity index (χ0n) is 24.1. The van der Waals surface area contributed by atoms with Gasteiger partial charge in [-0.2, -0.15) is 0 Å². The van der Waals surface area contributed by atoms with Gasteiger partial charge in [0.15, 0.2) is 0 Å². The van der Waals surface area contributed by atoms with Crippen molar-refractivity contribution in [2.24, 2.45) is 11.8 Å². The third-order valence-corrected chi connectivity index (χ3v) is 10.9. The van der Waals surface area contributed by atoms with E-state index in [9.17, 15) is 19.5 Å². The Balaban J connectivity index is 1.72. The quantitative estimate of drug-likeness (QED) is 0.253. The highest BCUT2D eigenvalue weighted by Gasteiger charge is 2.77. The molecule has 3 amide bonds. The minimum Gasteiger partial charge on any atom is -0.396 e. The van der Waals surface area contributed by atoms with E-state index in [-0.39, 0.29) is 24.3 Å². The molecule has 40 heavy (non-hydrogen) atoms. The van der Waals surface area contributed by atoms with Crippen LogP contribution in [0.15, 0.2) is 55.6 Å². The van der Waals surface area contributed by atoms with Gasteiger partial charge in [0.25, 0.3) is 0 Å². The summed E-state index contributed by atoms with van der Waals surface area (Å²) in [7, 11) is 0. The third kappa shape index (κ3) is 5.49. The van der Waals surface area contributed by atoms with Crippen molar-refractivity contribution in [3.05, 3.63) is 61.2 Å². The first-order valence-corrected chi connectivity index (χ1v) is 15.5. The molecular formula is C32H45N3O4S. The Kier molecular flexibility index (Phi) is 9.83. The first-order chi connectivity index (χ1) is 19.3. The summed E-state index contributed by atoms with van der Waals surface area (Å²) in [6, 6.07) is 9.27. The van der Waals surface area contributed by atoms with Gasteiger partial charge in [-0.05, 0) is 44.6 Å².